The molecule has 3 amide bonds. The quantitative estimate of drug-likeness (QED) is 0.823. The second-order valence-electron chi connectivity index (χ2n) is 7.82. The number of carbonyl (C=O) groups is 2. The summed E-state index contributed by atoms with van der Waals surface area (Å²) in [5, 5.41) is 6.19. The largest absolute Gasteiger partial charge is 0.497 e. The van der Waals surface area contributed by atoms with E-state index in [1.807, 2.05) is 59.5 Å². The van der Waals surface area contributed by atoms with Crippen molar-refractivity contribution in [2.45, 2.75) is 50.2 Å². The first-order chi connectivity index (χ1) is 14.1. The third-order valence-corrected chi connectivity index (χ3v) is 5.90. The normalized spacial score (nSPS) is 23.2. The lowest BCUT2D eigenvalue weighted by molar-refractivity contribution is 0.0577. The molecule has 4 rings (SSSR count). The second-order valence-corrected chi connectivity index (χ2v) is 7.82. The fraction of sp³-hybridized carbons (Fsp3) is 0.391. The van der Waals surface area contributed by atoms with E-state index in [1.54, 1.807) is 7.11 Å². The molecule has 2 N–H and O–H groups in total. The molecule has 2 heterocycles. The zero-order valence-corrected chi connectivity index (χ0v) is 16.6. The van der Waals surface area contributed by atoms with Crippen LogP contribution in [0.1, 0.15) is 42.5 Å². The number of benzene rings is 2. The Morgan fingerprint density at radius 1 is 1.00 bits per heavy atom. The van der Waals surface area contributed by atoms with Gasteiger partial charge < -0.3 is 20.3 Å². The van der Waals surface area contributed by atoms with Crippen LogP contribution in [0.15, 0.2) is 54.6 Å². The van der Waals surface area contributed by atoms with Crippen LogP contribution in [0.5, 0.6) is 5.75 Å². The molecule has 152 valence electrons. The molecule has 0 spiro atoms. The van der Waals surface area contributed by atoms with Gasteiger partial charge in [-0.1, -0.05) is 24.3 Å². The molecular weight excluding hydrogens is 366 g/mol. The molecule has 0 aromatic heterocycles. The van der Waals surface area contributed by atoms with Crippen molar-refractivity contribution in [3.05, 3.63) is 60.2 Å². The first kappa shape index (κ1) is 19.3. The SMILES string of the molecule is COc1cccc(NC(=O)N2[C@H]3CCC[C@H]2CC(NC(=O)c2ccccc2)C3)c1. The molecule has 2 aromatic carbocycles. The molecule has 2 saturated heterocycles. The van der Waals surface area contributed by atoms with Crippen LogP contribution in [0, 0.1) is 0 Å². The van der Waals surface area contributed by atoms with Gasteiger partial charge in [0.2, 0.25) is 0 Å². The molecule has 6 heteroatoms. The van der Waals surface area contributed by atoms with Crippen LogP contribution in [-0.2, 0) is 0 Å². The minimum atomic E-state index is -0.0687. The zero-order chi connectivity index (χ0) is 20.2. The van der Waals surface area contributed by atoms with Crippen molar-refractivity contribution in [3.8, 4) is 5.75 Å². The Morgan fingerprint density at radius 2 is 1.72 bits per heavy atom. The fourth-order valence-electron chi connectivity index (χ4n) is 4.58. The van der Waals surface area contributed by atoms with Gasteiger partial charge in [0.25, 0.3) is 5.91 Å². The molecule has 2 bridgehead atoms. The zero-order valence-electron chi connectivity index (χ0n) is 16.6. The van der Waals surface area contributed by atoms with Crippen LogP contribution < -0.4 is 15.4 Å². The summed E-state index contributed by atoms with van der Waals surface area (Å²) in [4.78, 5) is 27.5. The summed E-state index contributed by atoms with van der Waals surface area (Å²) in [5.74, 6) is 0.674. The van der Waals surface area contributed by atoms with E-state index in [-0.39, 0.29) is 30.1 Å². The Bertz CT molecular complexity index is 857. The van der Waals surface area contributed by atoms with Crippen molar-refractivity contribution in [1.29, 1.82) is 0 Å². The van der Waals surface area contributed by atoms with Crippen LogP contribution in [-0.4, -0.2) is 42.1 Å². The Morgan fingerprint density at radius 3 is 2.41 bits per heavy atom. The molecule has 0 radical (unpaired) electrons. The first-order valence-corrected chi connectivity index (χ1v) is 10.2. The van der Waals surface area contributed by atoms with Crippen LogP contribution in [0.25, 0.3) is 0 Å². The summed E-state index contributed by atoms with van der Waals surface area (Å²) in [6.07, 6.45) is 4.65. The summed E-state index contributed by atoms with van der Waals surface area (Å²) in [5.41, 5.74) is 1.41. The number of nitrogens with zero attached hydrogens (tertiary/aromatic N) is 1. The molecule has 2 atom stereocenters. The number of anilines is 1. The monoisotopic (exact) mass is 393 g/mol. The number of amides is 3. The van der Waals surface area contributed by atoms with E-state index in [9.17, 15) is 9.59 Å². The molecule has 0 unspecified atom stereocenters. The van der Waals surface area contributed by atoms with Gasteiger partial charge in [0, 0.05) is 35.4 Å². The van der Waals surface area contributed by atoms with Crippen LogP contribution >= 0.6 is 0 Å². The number of hydrogen-bond acceptors (Lipinski definition) is 3. The maximum atomic E-state index is 13.0. The summed E-state index contributed by atoms with van der Waals surface area (Å²) >= 11 is 0. The maximum Gasteiger partial charge on any atom is 0.322 e. The van der Waals surface area contributed by atoms with E-state index in [4.69, 9.17) is 4.74 Å². The van der Waals surface area contributed by atoms with E-state index in [2.05, 4.69) is 10.6 Å². The van der Waals surface area contributed by atoms with Gasteiger partial charge in [-0.2, -0.15) is 0 Å². The highest BCUT2D eigenvalue weighted by Gasteiger charge is 2.41. The number of ether oxygens (including phenoxy) is 1. The van der Waals surface area contributed by atoms with E-state index in [0.717, 1.165) is 37.8 Å². The van der Waals surface area contributed by atoms with Crippen molar-refractivity contribution in [2.24, 2.45) is 0 Å². The fourth-order valence-corrected chi connectivity index (χ4v) is 4.58. The van der Waals surface area contributed by atoms with Gasteiger partial charge in [-0.25, -0.2) is 4.79 Å². The van der Waals surface area contributed by atoms with Crippen LogP contribution in [0.3, 0.4) is 0 Å². The van der Waals surface area contributed by atoms with Crippen molar-refractivity contribution < 1.29 is 14.3 Å². The van der Waals surface area contributed by atoms with E-state index >= 15 is 0 Å². The van der Waals surface area contributed by atoms with Crippen molar-refractivity contribution in [3.63, 3.8) is 0 Å². The van der Waals surface area contributed by atoms with Gasteiger partial charge >= 0.3 is 6.03 Å². The summed E-state index contributed by atoms with van der Waals surface area (Å²) in [7, 11) is 1.61. The summed E-state index contributed by atoms with van der Waals surface area (Å²) in [6, 6.07) is 17.0. The number of piperidine rings is 2. The summed E-state index contributed by atoms with van der Waals surface area (Å²) < 4.78 is 5.24. The van der Waals surface area contributed by atoms with Crippen molar-refractivity contribution in [1.82, 2.24) is 10.2 Å². The second kappa shape index (κ2) is 8.55. The van der Waals surface area contributed by atoms with Crippen LogP contribution in [0.4, 0.5) is 10.5 Å². The maximum absolute atomic E-state index is 13.0. The van der Waals surface area contributed by atoms with Crippen molar-refractivity contribution in [2.75, 3.05) is 12.4 Å². The third kappa shape index (κ3) is 4.36. The topological polar surface area (TPSA) is 70.7 Å². The van der Waals surface area contributed by atoms with Gasteiger partial charge in [-0.3, -0.25) is 4.79 Å². The van der Waals surface area contributed by atoms with E-state index in [1.165, 1.54) is 0 Å². The molecule has 2 fully saturated rings. The van der Waals surface area contributed by atoms with E-state index in [0.29, 0.717) is 11.3 Å². The number of carbonyl (C=O) groups excluding carboxylic acids is 2. The van der Waals surface area contributed by atoms with Crippen LogP contribution in [0.2, 0.25) is 0 Å². The predicted molar refractivity (Wildman–Crippen MR) is 112 cm³/mol. The minimum absolute atomic E-state index is 0.0389. The number of urea groups is 1. The average Bonchev–Trinajstić information content (AvgIpc) is 2.73. The lowest BCUT2D eigenvalue weighted by Crippen LogP contribution is -2.59. The average molecular weight is 393 g/mol. The smallest absolute Gasteiger partial charge is 0.322 e. The van der Waals surface area contributed by atoms with Gasteiger partial charge in [-0.05, 0) is 56.4 Å². The van der Waals surface area contributed by atoms with E-state index < -0.39 is 0 Å². The van der Waals surface area contributed by atoms with Gasteiger partial charge in [-0.15, -0.1) is 0 Å². The van der Waals surface area contributed by atoms with Gasteiger partial charge in [0.05, 0.1) is 7.11 Å². The molecule has 29 heavy (non-hydrogen) atoms. The highest BCUT2D eigenvalue weighted by atomic mass is 16.5. The van der Waals surface area contributed by atoms with Gasteiger partial charge in [0.15, 0.2) is 0 Å². The Balaban J connectivity index is 1.41. The molecule has 2 aliphatic heterocycles. The summed E-state index contributed by atoms with van der Waals surface area (Å²) in [6.45, 7) is 0. The minimum Gasteiger partial charge on any atom is -0.497 e. The number of rotatable bonds is 4. The molecule has 2 aromatic rings. The number of nitrogens with one attached hydrogen (secondary N) is 2. The molecule has 6 nitrogen and oxygen atoms in total. The Kier molecular flexibility index (Phi) is 5.69. The molecule has 0 aliphatic carbocycles. The Labute approximate surface area is 171 Å². The Hall–Kier alpha value is -3.02. The lowest BCUT2D eigenvalue weighted by Gasteiger charge is -2.48. The lowest BCUT2D eigenvalue weighted by atomic mass is 9.82. The highest BCUT2D eigenvalue weighted by molar-refractivity contribution is 5.94. The molecule has 2 aliphatic rings. The number of methoxy groups -OCH3 is 1. The number of hydrogen-bond donors (Lipinski definition) is 2. The van der Waals surface area contributed by atoms with Gasteiger partial charge in [0.1, 0.15) is 5.75 Å². The first-order valence-electron chi connectivity index (χ1n) is 10.2. The molecule has 0 saturated carbocycles. The third-order valence-electron chi connectivity index (χ3n) is 5.90. The highest BCUT2D eigenvalue weighted by Crippen LogP contribution is 2.35. The number of fused-ring (bicyclic) bond motifs is 2. The predicted octanol–water partition coefficient (Wildman–Crippen LogP) is 4.04. The standard InChI is InChI=1S/C23H27N3O3/c1-29-21-12-5-9-17(15-21)25-23(28)26-19-10-6-11-20(26)14-18(13-19)24-22(27)16-7-3-2-4-8-16/h2-5,7-9,12,15,18-20H,6,10-11,13-14H2,1H3,(H,24,27)(H,25,28)/t19-,20-/m0/s1. The van der Waals surface area contributed by atoms with Crippen molar-refractivity contribution >= 4 is 17.6 Å². The molecular formula is C23H27N3O3.